The zero-order valence-electron chi connectivity index (χ0n) is 10.4. The van der Waals surface area contributed by atoms with Gasteiger partial charge in [0.15, 0.2) is 12.0 Å². The molecular weight excluding hydrogens is 229 g/mol. The molecule has 0 aromatic heterocycles. The van der Waals surface area contributed by atoms with Crippen molar-refractivity contribution in [2.45, 2.75) is 50.5 Å². The predicted molar refractivity (Wildman–Crippen MR) is 67.9 cm³/mol. The molecular formula is C15H18FNO. The van der Waals surface area contributed by atoms with Crippen molar-refractivity contribution in [1.82, 2.24) is 4.90 Å². The SMILES string of the molecule is O=C1CC2CCCC(C1F)N2Cc1ccccc1. The monoisotopic (exact) mass is 247 g/mol. The number of carbonyl (C=O) groups excluding carboxylic acids is 1. The Bertz CT molecular complexity index is 433. The quantitative estimate of drug-likeness (QED) is 0.801. The minimum Gasteiger partial charge on any atom is -0.296 e. The molecule has 18 heavy (non-hydrogen) atoms. The van der Waals surface area contributed by atoms with Crippen LogP contribution in [-0.2, 0) is 11.3 Å². The maximum absolute atomic E-state index is 14.0. The standard InChI is InChI=1S/C15H18FNO/c16-15-13-8-4-7-12(9-14(15)18)17(13)10-11-5-2-1-3-6-11/h1-3,5-6,12-13,15H,4,7-10H2. The van der Waals surface area contributed by atoms with Crippen molar-refractivity contribution >= 4 is 5.78 Å². The summed E-state index contributed by atoms with van der Waals surface area (Å²) in [5, 5.41) is 0. The van der Waals surface area contributed by atoms with Crippen LogP contribution in [0.15, 0.2) is 30.3 Å². The Balaban J connectivity index is 1.81. The first kappa shape index (κ1) is 11.8. The molecule has 2 heterocycles. The molecule has 2 saturated heterocycles. The number of rotatable bonds is 2. The Kier molecular flexibility index (Phi) is 3.16. The summed E-state index contributed by atoms with van der Waals surface area (Å²) < 4.78 is 14.0. The average Bonchev–Trinajstić information content (AvgIpc) is 2.39. The van der Waals surface area contributed by atoms with Gasteiger partial charge in [0.25, 0.3) is 0 Å². The highest BCUT2D eigenvalue weighted by molar-refractivity contribution is 5.85. The number of hydrogen-bond donors (Lipinski definition) is 0. The molecule has 0 spiro atoms. The number of ketones is 1. The molecule has 96 valence electrons. The van der Waals surface area contributed by atoms with Gasteiger partial charge in [0.1, 0.15) is 0 Å². The van der Waals surface area contributed by atoms with Gasteiger partial charge in [-0.1, -0.05) is 36.8 Å². The average molecular weight is 247 g/mol. The van der Waals surface area contributed by atoms with E-state index in [9.17, 15) is 9.18 Å². The molecule has 2 aliphatic rings. The van der Waals surface area contributed by atoms with Crippen LogP contribution in [0.5, 0.6) is 0 Å². The number of fused-ring (bicyclic) bond motifs is 2. The Hall–Kier alpha value is -1.22. The molecule has 0 saturated carbocycles. The number of piperidine rings is 2. The van der Waals surface area contributed by atoms with Gasteiger partial charge in [-0.15, -0.1) is 0 Å². The Morgan fingerprint density at radius 1 is 1.22 bits per heavy atom. The molecule has 1 aromatic rings. The molecule has 3 heteroatoms. The van der Waals surface area contributed by atoms with Crippen LogP contribution in [0.4, 0.5) is 4.39 Å². The van der Waals surface area contributed by atoms with Gasteiger partial charge in [0.2, 0.25) is 0 Å². The second kappa shape index (κ2) is 4.81. The summed E-state index contributed by atoms with van der Waals surface area (Å²) in [6.45, 7) is 0.768. The number of carbonyl (C=O) groups is 1. The maximum atomic E-state index is 14.0. The van der Waals surface area contributed by atoms with E-state index >= 15 is 0 Å². The molecule has 1 aromatic carbocycles. The zero-order chi connectivity index (χ0) is 12.5. The molecule has 0 N–H and O–H groups in total. The largest absolute Gasteiger partial charge is 0.296 e. The third kappa shape index (κ3) is 2.07. The lowest BCUT2D eigenvalue weighted by molar-refractivity contribution is -0.136. The lowest BCUT2D eigenvalue weighted by Gasteiger charge is -2.46. The Labute approximate surface area is 107 Å². The van der Waals surface area contributed by atoms with Crippen molar-refractivity contribution in [3.8, 4) is 0 Å². The molecule has 0 aliphatic carbocycles. The van der Waals surface area contributed by atoms with E-state index in [0.717, 1.165) is 25.8 Å². The minimum atomic E-state index is -1.27. The first-order valence-corrected chi connectivity index (χ1v) is 6.72. The van der Waals surface area contributed by atoms with Crippen LogP contribution in [0.2, 0.25) is 0 Å². The van der Waals surface area contributed by atoms with E-state index < -0.39 is 6.17 Å². The lowest BCUT2D eigenvalue weighted by atomic mass is 9.82. The van der Waals surface area contributed by atoms with Crippen LogP contribution in [0, 0.1) is 0 Å². The molecule has 0 radical (unpaired) electrons. The summed E-state index contributed by atoms with van der Waals surface area (Å²) in [6, 6.07) is 10.2. The summed E-state index contributed by atoms with van der Waals surface area (Å²) in [4.78, 5) is 13.8. The number of nitrogens with zero attached hydrogens (tertiary/aromatic N) is 1. The molecule has 2 aliphatic heterocycles. The van der Waals surface area contributed by atoms with E-state index in [-0.39, 0.29) is 17.9 Å². The molecule has 2 fully saturated rings. The summed E-state index contributed by atoms with van der Waals surface area (Å²) in [7, 11) is 0. The fraction of sp³-hybridized carbons (Fsp3) is 0.533. The van der Waals surface area contributed by atoms with E-state index in [2.05, 4.69) is 17.0 Å². The fourth-order valence-electron chi connectivity index (χ4n) is 3.30. The minimum absolute atomic E-state index is 0.186. The lowest BCUT2D eigenvalue weighted by Crippen LogP contribution is -2.57. The van der Waals surface area contributed by atoms with Crippen molar-refractivity contribution in [1.29, 1.82) is 0 Å². The van der Waals surface area contributed by atoms with Gasteiger partial charge < -0.3 is 0 Å². The summed E-state index contributed by atoms with van der Waals surface area (Å²) in [5.41, 5.74) is 1.20. The first-order valence-electron chi connectivity index (χ1n) is 6.72. The van der Waals surface area contributed by atoms with E-state index in [1.807, 2.05) is 18.2 Å². The van der Waals surface area contributed by atoms with Crippen LogP contribution in [-0.4, -0.2) is 28.9 Å². The number of Topliss-reactive ketones (excluding diaryl/α,β-unsaturated/α-hetero) is 1. The number of halogens is 1. The van der Waals surface area contributed by atoms with Crippen molar-refractivity contribution in [2.24, 2.45) is 0 Å². The molecule has 2 bridgehead atoms. The maximum Gasteiger partial charge on any atom is 0.174 e. The number of hydrogen-bond acceptors (Lipinski definition) is 2. The summed E-state index contributed by atoms with van der Waals surface area (Å²) in [6.07, 6.45) is 2.02. The second-order valence-corrected chi connectivity index (χ2v) is 5.38. The zero-order valence-corrected chi connectivity index (χ0v) is 10.4. The van der Waals surface area contributed by atoms with Gasteiger partial charge in [-0.25, -0.2) is 4.39 Å². The molecule has 3 rings (SSSR count). The van der Waals surface area contributed by atoms with Gasteiger partial charge >= 0.3 is 0 Å². The molecule has 2 nitrogen and oxygen atoms in total. The second-order valence-electron chi connectivity index (χ2n) is 5.38. The number of benzene rings is 1. The van der Waals surface area contributed by atoms with Crippen LogP contribution in [0.3, 0.4) is 0 Å². The normalized spacial score (nSPS) is 32.5. The van der Waals surface area contributed by atoms with E-state index in [4.69, 9.17) is 0 Å². The third-order valence-electron chi connectivity index (χ3n) is 4.22. The van der Waals surface area contributed by atoms with Gasteiger partial charge in [-0.2, -0.15) is 0 Å². The fourth-order valence-corrected chi connectivity index (χ4v) is 3.30. The number of alkyl halides is 1. The Morgan fingerprint density at radius 2 is 2.00 bits per heavy atom. The molecule has 3 unspecified atom stereocenters. The molecule has 0 amide bonds. The topological polar surface area (TPSA) is 20.3 Å². The van der Waals surface area contributed by atoms with Crippen molar-refractivity contribution < 1.29 is 9.18 Å². The smallest absolute Gasteiger partial charge is 0.174 e. The van der Waals surface area contributed by atoms with Gasteiger partial charge in [-0.05, 0) is 18.4 Å². The van der Waals surface area contributed by atoms with Crippen LogP contribution in [0.25, 0.3) is 0 Å². The van der Waals surface area contributed by atoms with E-state index in [1.54, 1.807) is 0 Å². The summed E-state index contributed by atoms with van der Waals surface area (Å²) in [5.74, 6) is -0.186. The van der Waals surface area contributed by atoms with Crippen molar-refractivity contribution in [3.63, 3.8) is 0 Å². The van der Waals surface area contributed by atoms with E-state index in [0.29, 0.717) is 6.42 Å². The third-order valence-corrected chi connectivity index (χ3v) is 4.22. The van der Waals surface area contributed by atoms with Gasteiger partial charge in [0.05, 0.1) is 0 Å². The van der Waals surface area contributed by atoms with Gasteiger partial charge in [-0.3, -0.25) is 9.69 Å². The van der Waals surface area contributed by atoms with E-state index in [1.165, 1.54) is 5.56 Å². The molecule has 3 atom stereocenters. The van der Waals surface area contributed by atoms with Gasteiger partial charge in [0, 0.05) is 25.0 Å². The first-order chi connectivity index (χ1) is 8.75. The highest BCUT2D eigenvalue weighted by Crippen LogP contribution is 2.34. The highest BCUT2D eigenvalue weighted by atomic mass is 19.1. The Morgan fingerprint density at radius 3 is 2.78 bits per heavy atom. The predicted octanol–water partition coefficient (Wildman–Crippen LogP) is 2.72. The van der Waals surface area contributed by atoms with Crippen molar-refractivity contribution in [3.05, 3.63) is 35.9 Å². The summed E-state index contributed by atoms with van der Waals surface area (Å²) >= 11 is 0. The highest BCUT2D eigenvalue weighted by Gasteiger charge is 2.44. The van der Waals surface area contributed by atoms with Crippen LogP contribution >= 0.6 is 0 Å². The van der Waals surface area contributed by atoms with Crippen LogP contribution in [0.1, 0.15) is 31.2 Å². The van der Waals surface area contributed by atoms with Crippen LogP contribution < -0.4 is 0 Å². The van der Waals surface area contributed by atoms with Crippen molar-refractivity contribution in [2.75, 3.05) is 0 Å².